The van der Waals surface area contributed by atoms with Crippen LogP contribution in [0.1, 0.15) is 31.2 Å². The topological polar surface area (TPSA) is 52.3 Å². The first-order valence-electron chi connectivity index (χ1n) is 6.24. The maximum atomic E-state index is 11.4. The minimum atomic E-state index is -0.486. The maximum Gasteiger partial charge on any atom is 0.246 e. The molecule has 1 aliphatic carbocycles. The van der Waals surface area contributed by atoms with E-state index >= 15 is 0 Å². The van der Waals surface area contributed by atoms with E-state index in [0.29, 0.717) is 6.42 Å². The molecule has 0 bridgehead atoms. The van der Waals surface area contributed by atoms with Gasteiger partial charge in [-0.3, -0.25) is 4.79 Å². The van der Waals surface area contributed by atoms with Gasteiger partial charge in [0.2, 0.25) is 5.91 Å². The van der Waals surface area contributed by atoms with E-state index in [-0.39, 0.29) is 12.0 Å². The van der Waals surface area contributed by atoms with Gasteiger partial charge in [-0.05, 0) is 18.4 Å². The van der Waals surface area contributed by atoms with Crippen molar-refractivity contribution in [3.05, 3.63) is 35.9 Å². The normalized spacial score (nSPS) is 18.1. The first-order valence-corrected chi connectivity index (χ1v) is 6.24. The van der Waals surface area contributed by atoms with E-state index in [1.165, 1.54) is 12.8 Å². The third kappa shape index (κ3) is 3.56. The quantitative estimate of drug-likeness (QED) is 0.846. The summed E-state index contributed by atoms with van der Waals surface area (Å²) in [5, 5.41) is 0. The number of ether oxygens (including phenoxy) is 1. The van der Waals surface area contributed by atoms with Crippen LogP contribution in [-0.2, 0) is 16.0 Å². The molecule has 2 N–H and O–H groups in total. The third-order valence-electron chi connectivity index (χ3n) is 3.24. The number of carbonyl (C=O) groups excluding carboxylic acids is 1. The van der Waals surface area contributed by atoms with Crippen molar-refractivity contribution in [3.63, 3.8) is 0 Å². The molecule has 1 amide bonds. The molecule has 0 radical (unpaired) electrons. The zero-order valence-corrected chi connectivity index (χ0v) is 9.97. The number of hydrogen-bond donors (Lipinski definition) is 1. The van der Waals surface area contributed by atoms with Crippen LogP contribution in [0.15, 0.2) is 30.3 Å². The van der Waals surface area contributed by atoms with E-state index in [1.807, 2.05) is 30.3 Å². The summed E-state index contributed by atoms with van der Waals surface area (Å²) in [6, 6.07) is 9.87. The van der Waals surface area contributed by atoms with Gasteiger partial charge >= 0.3 is 0 Å². The van der Waals surface area contributed by atoms with Gasteiger partial charge in [0.15, 0.2) is 0 Å². The molecular weight excluding hydrogens is 214 g/mol. The molecule has 2 rings (SSSR count). The van der Waals surface area contributed by atoms with Crippen LogP contribution in [-0.4, -0.2) is 18.1 Å². The predicted octanol–water partition coefficient (Wildman–Crippen LogP) is 2.04. The number of carbonyl (C=O) groups is 1. The SMILES string of the molecule is NC(=O)C(Cc1ccccc1)OC1CCCC1. The molecule has 92 valence electrons. The molecule has 1 aliphatic rings. The number of amides is 1. The van der Waals surface area contributed by atoms with Crippen molar-refractivity contribution in [1.82, 2.24) is 0 Å². The van der Waals surface area contributed by atoms with Gasteiger partial charge < -0.3 is 10.5 Å². The van der Waals surface area contributed by atoms with Crippen molar-refractivity contribution in [2.24, 2.45) is 5.73 Å². The van der Waals surface area contributed by atoms with E-state index in [9.17, 15) is 4.79 Å². The van der Waals surface area contributed by atoms with Crippen molar-refractivity contribution in [1.29, 1.82) is 0 Å². The van der Waals surface area contributed by atoms with Crippen LogP contribution in [0, 0.1) is 0 Å². The lowest BCUT2D eigenvalue weighted by atomic mass is 10.1. The number of nitrogens with two attached hydrogens (primary N) is 1. The molecular formula is C14H19NO2. The lowest BCUT2D eigenvalue weighted by Gasteiger charge is -2.19. The van der Waals surface area contributed by atoms with Crippen molar-refractivity contribution in [3.8, 4) is 0 Å². The Labute approximate surface area is 102 Å². The Morgan fingerprint density at radius 1 is 1.29 bits per heavy atom. The van der Waals surface area contributed by atoms with Gasteiger partial charge in [0.25, 0.3) is 0 Å². The minimum Gasteiger partial charge on any atom is -0.367 e. The number of hydrogen-bond acceptors (Lipinski definition) is 2. The molecule has 1 unspecified atom stereocenters. The number of benzene rings is 1. The molecule has 0 saturated heterocycles. The summed E-state index contributed by atoms with van der Waals surface area (Å²) in [5.74, 6) is -0.360. The lowest BCUT2D eigenvalue weighted by Crippen LogP contribution is -2.35. The van der Waals surface area contributed by atoms with Crippen LogP contribution in [0.5, 0.6) is 0 Å². The van der Waals surface area contributed by atoms with E-state index in [2.05, 4.69) is 0 Å². The highest BCUT2D eigenvalue weighted by molar-refractivity contribution is 5.79. The Kier molecular flexibility index (Phi) is 4.15. The Morgan fingerprint density at radius 3 is 2.53 bits per heavy atom. The Bertz CT molecular complexity index is 358. The van der Waals surface area contributed by atoms with Crippen LogP contribution in [0.25, 0.3) is 0 Å². The van der Waals surface area contributed by atoms with E-state index in [1.54, 1.807) is 0 Å². The van der Waals surface area contributed by atoms with Crippen molar-refractivity contribution in [2.75, 3.05) is 0 Å². The zero-order valence-electron chi connectivity index (χ0n) is 9.97. The molecule has 1 fully saturated rings. The largest absolute Gasteiger partial charge is 0.367 e. The van der Waals surface area contributed by atoms with Crippen LogP contribution < -0.4 is 5.73 Å². The summed E-state index contributed by atoms with van der Waals surface area (Å²) in [6.07, 6.45) is 4.81. The van der Waals surface area contributed by atoms with Gasteiger partial charge in [-0.1, -0.05) is 43.2 Å². The lowest BCUT2D eigenvalue weighted by molar-refractivity contribution is -0.133. The second-order valence-electron chi connectivity index (χ2n) is 4.62. The van der Waals surface area contributed by atoms with Crippen LogP contribution in [0.2, 0.25) is 0 Å². The fraction of sp³-hybridized carbons (Fsp3) is 0.500. The van der Waals surface area contributed by atoms with Gasteiger partial charge in [-0.15, -0.1) is 0 Å². The zero-order chi connectivity index (χ0) is 12.1. The number of primary amides is 1. The summed E-state index contributed by atoms with van der Waals surface area (Å²) in [6.45, 7) is 0. The fourth-order valence-electron chi connectivity index (χ4n) is 2.30. The summed E-state index contributed by atoms with van der Waals surface area (Å²) < 4.78 is 5.80. The molecule has 3 heteroatoms. The molecule has 0 aromatic heterocycles. The predicted molar refractivity (Wildman–Crippen MR) is 66.5 cm³/mol. The standard InChI is InChI=1S/C14H19NO2/c15-14(16)13(17-12-8-4-5-9-12)10-11-6-2-1-3-7-11/h1-3,6-7,12-13H,4-5,8-10H2,(H2,15,16). The van der Waals surface area contributed by atoms with Gasteiger partial charge in [-0.2, -0.15) is 0 Å². The molecule has 1 saturated carbocycles. The first-order chi connectivity index (χ1) is 8.25. The molecule has 1 aromatic rings. The van der Waals surface area contributed by atoms with Crippen molar-refractivity contribution >= 4 is 5.91 Å². The van der Waals surface area contributed by atoms with E-state index < -0.39 is 6.10 Å². The Balaban J connectivity index is 1.95. The molecule has 1 atom stereocenters. The molecule has 3 nitrogen and oxygen atoms in total. The Hall–Kier alpha value is -1.35. The smallest absolute Gasteiger partial charge is 0.246 e. The summed E-state index contributed by atoms with van der Waals surface area (Å²) in [7, 11) is 0. The average molecular weight is 233 g/mol. The monoisotopic (exact) mass is 233 g/mol. The summed E-state index contributed by atoms with van der Waals surface area (Å²) in [5.41, 5.74) is 6.49. The van der Waals surface area contributed by atoms with Gasteiger partial charge in [-0.25, -0.2) is 0 Å². The van der Waals surface area contributed by atoms with Crippen molar-refractivity contribution in [2.45, 2.75) is 44.3 Å². The second-order valence-corrected chi connectivity index (χ2v) is 4.62. The first kappa shape index (κ1) is 12.1. The molecule has 17 heavy (non-hydrogen) atoms. The Morgan fingerprint density at radius 2 is 1.94 bits per heavy atom. The van der Waals surface area contributed by atoms with E-state index in [4.69, 9.17) is 10.5 Å². The van der Waals surface area contributed by atoms with E-state index in [0.717, 1.165) is 18.4 Å². The number of rotatable bonds is 5. The molecule has 1 aromatic carbocycles. The maximum absolute atomic E-state index is 11.4. The summed E-state index contributed by atoms with van der Waals surface area (Å²) >= 11 is 0. The van der Waals surface area contributed by atoms with Crippen LogP contribution >= 0.6 is 0 Å². The fourth-order valence-corrected chi connectivity index (χ4v) is 2.30. The van der Waals surface area contributed by atoms with Crippen LogP contribution in [0.3, 0.4) is 0 Å². The highest BCUT2D eigenvalue weighted by Gasteiger charge is 2.24. The highest BCUT2D eigenvalue weighted by Crippen LogP contribution is 2.23. The summed E-state index contributed by atoms with van der Waals surface area (Å²) in [4.78, 5) is 11.4. The van der Waals surface area contributed by atoms with Gasteiger partial charge in [0.05, 0.1) is 6.10 Å². The minimum absolute atomic E-state index is 0.219. The molecule has 0 spiro atoms. The molecule has 0 heterocycles. The third-order valence-corrected chi connectivity index (χ3v) is 3.24. The highest BCUT2D eigenvalue weighted by atomic mass is 16.5. The average Bonchev–Trinajstić information content (AvgIpc) is 2.82. The molecule has 0 aliphatic heterocycles. The van der Waals surface area contributed by atoms with Gasteiger partial charge in [0, 0.05) is 6.42 Å². The van der Waals surface area contributed by atoms with Crippen LogP contribution in [0.4, 0.5) is 0 Å². The van der Waals surface area contributed by atoms with Crippen molar-refractivity contribution < 1.29 is 9.53 Å². The van der Waals surface area contributed by atoms with Gasteiger partial charge in [0.1, 0.15) is 6.10 Å². The second kappa shape index (κ2) is 5.82.